The maximum absolute atomic E-state index is 3.79. The molecule has 0 aliphatic carbocycles. The van der Waals surface area contributed by atoms with Crippen LogP contribution >= 0.6 is 15.9 Å². The number of halogens is 1. The lowest BCUT2D eigenvalue weighted by Gasteiger charge is -2.19. The summed E-state index contributed by atoms with van der Waals surface area (Å²) >= 11 is 3.44. The Labute approximate surface area is 101 Å². The van der Waals surface area contributed by atoms with Crippen molar-refractivity contribution >= 4 is 15.9 Å². The van der Waals surface area contributed by atoms with Gasteiger partial charge in [0.05, 0.1) is 0 Å². The van der Waals surface area contributed by atoms with E-state index in [1.807, 2.05) is 6.08 Å². The Hall–Kier alpha value is -0.600. The molecule has 0 aliphatic heterocycles. The fourth-order valence-corrected chi connectivity index (χ4v) is 1.85. The van der Waals surface area contributed by atoms with Gasteiger partial charge in [0.2, 0.25) is 0 Å². The van der Waals surface area contributed by atoms with E-state index in [0.29, 0.717) is 0 Å². The Balaban J connectivity index is 2.56. The van der Waals surface area contributed by atoms with Crippen molar-refractivity contribution in [2.75, 3.05) is 13.1 Å². The van der Waals surface area contributed by atoms with Crippen LogP contribution in [0.15, 0.2) is 41.4 Å². The second kappa shape index (κ2) is 6.81. The smallest absolute Gasteiger partial charge is 0.0237 e. The van der Waals surface area contributed by atoms with Crippen molar-refractivity contribution < 1.29 is 0 Å². The van der Waals surface area contributed by atoms with Gasteiger partial charge in [-0.3, -0.25) is 4.90 Å². The molecule has 0 aromatic heterocycles. The molecule has 1 nitrogen and oxygen atoms in total. The first-order chi connectivity index (χ1) is 7.26. The van der Waals surface area contributed by atoms with E-state index < -0.39 is 0 Å². The number of hydrogen-bond acceptors (Lipinski definition) is 1. The zero-order valence-electron chi connectivity index (χ0n) is 9.25. The predicted molar refractivity (Wildman–Crippen MR) is 69.9 cm³/mol. The van der Waals surface area contributed by atoms with E-state index in [9.17, 15) is 0 Å². The minimum atomic E-state index is 0.962. The van der Waals surface area contributed by atoms with E-state index in [1.54, 1.807) is 0 Å². The highest BCUT2D eigenvalue weighted by Gasteiger charge is 2.02. The minimum absolute atomic E-state index is 0.962. The lowest BCUT2D eigenvalue weighted by molar-refractivity contribution is 0.295. The Morgan fingerprint density at radius 1 is 1.33 bits per heavy atom. The largest absolute Gasteiger partial charge is 0.295 e. The van der Waals surface area contributed by atoms with Gasteiger partial charge in [-0.1, -0.05) is 41.1 Å². The lowest BCUT2D eigenvalue weighted by atomic mass is 10.2. The molecule has 0 bridgehead atoms. The monoisotopic (exact) mass is 267 g/mol. The van der Waals surface area contributed by atoms with E-state index in [2.05, 4.69) is 58.6 Å². The normalized spacial score (nSPS) is 10.6. The number of nitrogens with zero attached hydrogens (tertiary/aromatic N) is 1. The molecular weight excluding hydrogens is 250 g/mol. The van der Waals surface area contributed by atoms with Crippen molar-refractivity contribution in [3.05, 3.63) is 47.0 Å². The van der Waals surface area contributed by atoms with E-state index in [0.717, 1.165) is 24.1 Å². The third kappa shape index (κ3) is 4.63. The van der Waals surface area contributed by atoms with E-state index in [4.69, 9.17) is 0 Å². The molecule has 1 aromatic carbocycles. The summed E-state index contributed by atoms with van der Waals surface area (Å²) in [5.41, 5.74) is 1.36. The predicted octanol–water partition coefficient (Wildman–Crippen LogP) is 3.85. The van der Waals surface area contributed by atoms with Crippen LogP contribution in [0.25, 0.3) is 0 Å². The zero-order valence-corrected chi connectivity index (χ0v) is 10.8. The summed E-state index contributed by atoms with van der Waals surface area (Å²) in [6.07, 6.45) is 3.15. The van der Waals surface area contributed by atoms with Crippen molar-refractivity contribution in [1.29, 1.82) is 0 Å². The summed E-state index contributed by atoms with van der Waals surface area (Å²) in [6.45, 7) is 9.09. The molecule has 0 spiro atoms. The van der Waals surface area contributed by atoms with E-state index in [-0.39, 0.29) is 0 Å². The molecule has 0 aliphatic rings. The van der Waals surface area contributed by atoms with Crippen LogP contribution in [0.1, 0.15) is 18.9 Å². The van der Waals surface area contributed by atoms with Crippen LogP contribution in [0.3, 0.4) is 0 Å². The van der Waals surface area contributed by atoms with Gasteiger partial charge in [0.25, 0.3) is 0 Å². The van der Waals surface area contributed by atoms with Crippen molar-refractivity contribution in [2.45, 2.75) is 19.9 Å². The summed E-state index contributed by atoms with van der Waals surface area (Å²) < 4.78 is 1.14. The SMILES string of the molecule is C=CCN(CCC)Cc1ccc(Br)cc1. The highest BCUT2D eigenvalue weighted by molar-refractivity contribution is 9.10. The van der Waals surface area contributed by atoms with Crippen LogP contribution in [-0.4, -0.2) is 18.0 Å². The molecule has 0 fully saturated rings. The molecule has 0 N–H and O–H groups in total. The maximum atomic E-state index is 3.79. The molecule has 2 heteroatoms. The maximum Gasteiger partial charge on any atom is 0.0237 e. The van der Waals surface area contributed by atoms with Gasteiger partial charge in [0.15, 0.2) is 0 Å². The van der Waals surface area contributed by atoms with Gasteiger partial charge in [-0.15, -0.1) is 6.58 Å². The first kappa shape index (κ1) is 12.5. The second-order valence-electron chi connectivity index (χ2n) is 3.65. The van der Waals surface area contributed by atoms with Gasteiger partial charge >= 0.3 is 0 Å². The van der Waals surface area contributed by atoms with Gasteiger partial charge in [0, 0.05) is 17.6 Å². The minimum Gasteiger partial charge on any atom is -0.295 e. The third-order valence-corrected chi connectivity index (χ3v) is 2.78. The summed E-state index contributed by atoms with van der Waals surface area (Å²) in [6, 6.07) is 8.51. The molecule has 0 saturated carbocycles. The number of rotatable bonds is 6. The molecule has 0 amide bonds. The average molecular weight is 268 g/mol. The van der Waals surface area contributed by atoms with Gasteiger partial charge in [-0.25, -0.2) is 0 Å². The summed E-state index contributed by atoms with van der Waals surface area (Å²) in [4.78, 5) is 2.40. The van der Waals surface area contributed by atoms with Crippen LogP contribution in [0, 0.1) is 0 Å². The standard InChI is InChI=1S/C13H18BrN/c1-3-9-15(10-4-2)11-12-5-7-13(14)8-6-12/h3,5-8H,1,4,9-11H2,2H3. The fraction of sp³-hybridized carbons (Fsp3) is 0.385. The van der Waals surface area contributed by atoms with Crippen molar-refractivity contribution in [2.24, 2.45) is 0 Å². The molecular formula is C13H18BrN. The van der Waals surface area contributed by atoms with Crippen LogP contribution in [-0.2, 0) is 6.54 Å². The molecule has 15 heavy (non-hydrogen) atoms. The van der Waals surface area contributed by atoms with Crippen molar-refractivity contribution in [3.63, 3.8) is 0 Å². The molecule has 0 heterocycles. The van der Waals surface area contributed by atoms with Crippen LogP contribution in [0.4, 0.5) is 0 Å². The van der Waals surface area contributed by atoms with Gasteiger partial charge < -0.3 is 0 Å². The summed E-state index contributed by atoms with van der Waals surface area (Å²) in [5, 5.41) is 0. The van der Waals surface area contributed by atoms with Gasteiger partial charge in [0.1, 0.15) is 0 Å². The Morgan fingerprint density at radius 2 is 2.00 bits per heavy atom. The molecule has 0 atom stereocenters. The number of hydrogen-bond donors (Lipinski definition) is 0. The molecule has 1 rings (SSSR count). The highest BCUT2D eigenvalue weighted by Crippen LogP contribution is 2.12. The Morgan fingerprint density at radius 3 is 2.53 bits per heavy atom. The second-order valence-corrected chi connectivity index (χ2v) is 4.57. The molecule has 1 aromatic rings. The number of benzene rings is 1. The van der Waals surface area contributed by atoms with Crippen molar-refractivity contribution in [1.82, 2.24) is 4.90 Å². The molecule has 0 unspecified atom stereocenters. The highest BCUT2D eigenvalue weighted by atomic mass is 79.9. The van der Waals surface area contributed by atoms with Gasteiger partial charge in [-0.05, 0) is 30.7 Å². The summed E-state index contributed by atoms with van der Waals surface area (Å²) in [7, 11) is 0. The zero-order chi connectivity index (χ0) is 11.1. The Bertz CT molecular complexity index is 292. The Kier molecular flexibility index (Phi) is 5.66. The lowest BCUT2D eigenvalue weighted by Crippen LogP contribution is -2.23. The van der Waals surface area contributed by atoms with Crippen LogP contribution in [0.2, 0.25) is 0 Å². The van der Waals surface area contributed by atoms with E-state index >= 15 is 0 Å². The first-order valence-corrected chi connectivity index (χ1v) is 6.13. The van der Waals surface area contributed by atoms with Crippen molar-refractivity contribution in [3.8, 4) is 0 Å². The van der Waals surface area contributed by atoms with Crippen LogP contribution in [0.5, 0.6) is 0 Å². The van der Waals surface area contributed by atoms with Crippen LogP contribution < -0.4 is 0 Å². The van der Waals surface area contributed by atoms with E-state index in [1.165, 1.54) is 12.0 Å². The fourth-order valence-electron chi connectivity index (χ4n) is 1.58. The average Bonchev–Trinajstić information content (AvgIpc) is 2.22. The molecule has 0 radical (unpaired) electrons. The molecule has 82 valence electrons. The third-order valence-electron chi connectivity index (χ3n) is 2.25. The first-order valence-electron chi connectivity index (χ1n) is 5.34. The topological polar surface area (TPSA) is 3.24 Å². The molecule has 0 saturated heterocycles. The summed E-state index contributed by atoms with van der Waals surface area (Å²) in [5.74, 6) is 0. The quantitative estimate of drug-likeness (QED) is 0.708. The van der Waals surface area contributed by atoms with Gasteiger partial charge in [-0.2, -0.15) is 0 Å².